The molecule has 2 atom stereocenters. The number of ether oxygens (including phenoxy) is 1. The second kappa shape index (κ2) is 7.82. The second-order valence-electron chi connectivity index (χ2n) is 3.88. The van der Waals surface area contributed by atoms with Crippen LogP contribution in [0.3, 0.4) is 0 Å². The molecule has 0 aromatic heterocycles. The van der Waals surface area contributed by atoms with E-state index in [1.807, 2.05) is 27.0 Å². The van der Waals surface area contributed by atoms with Crippen LogP contribution in [0.2, 0.25) is 0 Å². The molecular formula is C10H21NO3S. The van der Waals surface area contributed by atoms with E-state index in [2.05, 4.69) is 5.32 Å². The van der Waals surface area contributed by atoms with Gasteiger partial charge in [0.15, 0.2) is 0 Å². The Kier molecular flexibility index (Phi) is 7.60. The van der Waals surface area contributed by atoms with Crippen LogP contribution in [0, 0.1) is 5.92 Å². The van der Waals surface area contributed by atoms with E-state index < -0.39 is 6.09 Å². The van der Waals surface area contributed by atoms with Crippen molar-refractivity contribution in [3.8, 4) is 0 Å². The van der Waals surface area contributed by atoms with Crippen LogP contribution in [0.4, 0.5) is 4.79 Å². The molecule has 5 heteroatoms. The Morgan fingerprint density at radius 3 is 2.47 bits per heavy atom. The molecule has 0 saturated carbocycles. The summed E-state index contributed by atoms with van der Waals surface area (Å²) in [5, 5.41) is 11.7. The highest BCUT2D eigenvalue weighted by Crippen LogP contribution is 2.10. The maximum Gasteiger partial charge on any atom is 0.407 e. The lowest BCUT2D eigenvalue weighted by atomic mass is 10.2. The summed E-state index contributed by atoms with van der Waals surface area (Å²) >= 11 is 1.52. The molecule has 0 heterocycles. The smallest absolute Gasteiger partial charge is 0.407 e. The van der Waals surface area contributed by atoms with Crippen molar-refractivity contribution in [1.29, 1.82) is 0 Å². The van der Waals surface area contributed by atoms with Crippen LogP contribution in [0.25, 0.3) is 0 Å². The topological polar surface area (TPSA) is 58.6 Å². The number of carbonyl (C=O) groups is 1. The fourth-order valence-electron chi connectivity index (χ4n) is 1.000. The molecule has 0 saturated heterocycles. The van der Waals surface area contributed by atoms with E-state index in [1.165, 1.54) is 11.8 Å². The molecule has 0 radical (unpaired) electrons. The summed E-state index contributed by atoms with van der Waals surface area (Å²) in [6.07, 6.45) is 1.49. The van der Waals surface area contributed by atoms with Crippen LogP contribution in [-0.4, -0.2) is 42.0 Å². The highest BCUT2D eigenvalue weighted by molar-refractivity contribution is 7.99. The molecule has 0 fully saturated rings. The number of alkyl carbamates (subject to hydrolysis) is 1. The predicted octanol–water partition coefficient (Wildman–Crippen LogP) is 1.48. The molecular weight excluding hydrogens is 214 g/mol. The molecule has 2 unspecified atom stereocenters. The third kappa shape index (κ3) is 6.62. The number of carbonyl (C=O) groups excluding carboxylic acids is 1. The summed E-state index contributed by atoms with van der Waals surface area (Å²) in [5.41, 5.74) is 0. The van der Waals surface area contributed by atoms with E-state index in [1.54, 1.807) is 0 Å². The molecule has 90 valence electrons. The van der Waals surface area contributed by atoms with E-state index >= 15 is 0 Å². The Balaban J connectivity index is 3.84. The van der Waals surface area contributed by atoms with Gasteiger partial charge in [0.05, 0.1) is 13.2 Å². The first-order valence-corrected chi connectivity index (χ1v) is 6.37. The molecule has 0 rings (SSSR count). The van der Waals surface area contributed by atoms with Gasteiger partial charge in [0, 0.05) is 11.3 Å². The van der Waals surface area contributed by atoms with Crippen LogP contribution in [0.1, 0.15) is 20.8 Å². The average molecular weight is 235 g/mol. The van der Waals surface area contributed by atoms with Gasteiger partial charge in [-0.25, -0.2) is 4.79 Å². The molecule has 4 nitrogen and oxygen atoms in total. The molecule has 0 bridgehead atoms. The third-order valence-electron chi connectivity index (χ3n) is 1.93. The largest absolute Gasteiger partial charge is 0.449 e. The summed E-state index contributed by atoms with van der Waals surface area (Å²) in [6.45, 7) is 6.28. The number of hydrogen-bond donors (Lipinski definition) is 2. The first-order chi connectivity index (χ1) is 7.01. The highest BCUT2D eigenvalue weighted by atomic mass is 32.2. The maximum atomic E-state index is 11.3. The lowest BCUT2D eigenvalue weighted by Gasteiger charge is -2.21. The SMILES string of the molecule is CSC(CO)C(C)NC(=O)OCC(C)C. The van der Waals surface area contributed by atoms with Gasteiger partial charge in [-0.15, -0.1) is 0 Å². The molecule has 2 N–H and O–H groups in total. The zero-order valence-corrected chi connectivity index (χ0v) is 10.6. The summed E-state index contributed by atoms with van der Waals surface area (Å²) in [5.74, 6) is 0.334. The van der Waals surface area contributed by atoms with Crippen molar-refractivity contribution in [3.63, 3.8) is 0 Å². The van der Waals surface area contributed by atoms with Gasteiger partial charge in [0.25, 0.3) is 0 Å². The van der Waals surface area contributed by atoms with E-state index in [9.17, 15) is 4.79 Å². The van der Waals surface area contributed by atoms with Gasteiger partial charge in [-0.3, -0.25) is 0 Å². The Hall–Kier alpha value is -0.420. The maximum absolute atomic E-state index is 11.3. The Bertz CT molecular complexity index is 184. The highest BCUT2D eigenvalue weighted by Gasteiger charge is 2.17. The van der Waals surface area contributed by atoms with E-state index in [0.717, 1.165) is 0 Å². The number of thioether (sulfide) groups is 1. The normalized spacial score (nSPS) is 14.8. The van der Waals surface area contributed by atoms with Gasteiger partial charge in [-0.1, -0.05) is 13.8 Å². The molecule has 0 aliphatic carbocycles. The summed E-state index contributed by atoms with van der Waals surface area (Å²) < 4.78 is 4.97. The van der Waals surface area contributed by atoms with Gasteiger partial charge in [-0.05, 0) is 19.1 Å². The number of aliphatic hydroxyl groups excluding tert-OH is 1. The second-order valence-corrected chi connectivity index (χ2v) is 4.96. The van der Waals surface area contributed by atoms with Crippen molar-refractivity contribution in [3.05, 3.63) is 0 Å². The summed E-state index contributed by atoms with van der Waals surface area (Å²) in [7, 11) is 0. The van der Waals surface area contributed by atoms with Crippen LogP contribution in [0.15, 0.2) is 0 Å². The standard InChI is InChI=1S/C10H21NO3S/c1-7(2)6-14-10(13)11-8(3)9(5-12)15-4/h7-9,12H,5-6H2,1-4H3,(H,11,13). The van der Waals surface area contributed by atoms with Gasteiger partial charge in [0.2, 0.25) is 0 Å². The van der Waals surface area contributed by atoms with Crippen LogP contribution >= 0.6 is 11.8 Å². The molecule has 0 aliphatic heterocycles. The fraction of sp³-hybridized carbons (Fsp3) is 0.900. The predicted molar refractivity (Wildman–Crippen MR) is 63.2 cm³/mol. The Labute approximate surface area is 95.8 Å². The minimum atomic E-state index is -0.413. The van der Waals surface area contributed by atoms with Crippen molar-refractivity contribution in [2.24, 2.45) is 5.92 Å². The molecule has 0 aromatic carbocycles. The Morgan fingerprint density at radius 2 is 2.07 bits per heavy atom. The molecule has 0 spiro atoms. The van der Waals surface area contributed by atoms with E-state index in [0.29, 0.717) is 12.5 Å². The summed E-state index contributed by atoms with van der Waals surface area (Å²) in [4.78, 5) is 11.3. The van der Waals surface area contributed by atoms with Gasteiger partial charge in [0.1, 0.15) is 0 Å². The first-order valence-electron chi connectivity index (χ1n) is 5.08. The first kappa shape index (κ1) is 14.6. The van der Waals surface area contributed by atoms with Gasteiger partial charge >= 0.3 is 6.09 Å². The van der Waals surface area contributed by atoms with E-state index in [4.69, 9.17) is 9.84 Å². The van der Waals surface area contributed by atoms with E-state index in [-0.39, 0.29) is 17.9 Å². The fourth-order valence-corrected chi connectivity index (χ4v) is 1.62. The van der Waals surface area contributed by atoms with Crippen molar-refractivity contribution in [2.45, 2.75) is 32.1 Å². The number of hydrogen-bond acceptors (Lipinski definition) is 4. The minimum Gasteiger partial charge on any atom is -0.449 e. The van der Waals surface area contributed by atoms with Crippen molar-refractivity contribution >= 4 is 17.9 Å². The number of amides is 1. The molecule has 1 amide bonds. The third-order valence-corrected chi connectivity index (χ3v) is 3.10. The lowest BCUT2D eigenvalue weighted by Crippen LogP contribution is -2.41. The van der Waals surface area contributed by atoms with Gasteiger partial charge in [-0.2, -0.15) is 11.8 Å². The summed E-state index contributed by atoms with van der Waals surface area (Å²) in [6, 6.07) is -0.0929. The van der Waals surface area contributed by atoms with Crippen LogP contribution in [-0.2, 0) is 4.74 Å². The molecule has 15 heavy (non-hydrogen) atoms. The zero-order chi connectivity index (χ0) is 11.8. The number of aliphatic hydroxyl groups is 1. The van der Waals surface area contributed by atoms with Crippen molar-refractivity contribution in [2.75, 3.05) is 19.5 Å². The van der Waals surface area contributed by atoms with Crippen molar-refractivity contribution in [1.82, 2.24) is 5.32 Å². The van der Waals surface area contributed by atoms with Crippen LogP contribution < -0.4 is 5.32 Å². The lowest BCUT2D eigenvalue weighted by molar-refractivity contribution is 0.128. The average Bonchev–Trinajstić information content (AvgIpc) is 2.16. The van der Waals surface area contributed by atoms with Gasteiger partial charge < -0.3 is 15.2 Å². The van der Waals surface area contributed by atoms with Crippen molar-refractivity contribution < 1.29 is 14.6 Å². The number of rotatable bonds is 6. The quantitative estimate of drug-likeness (QED) is 0.732. The monoisotopic (exact) mass is 235 g/mol. The number of nitrogens with one attached hydrogen (secondary N) is 1. The minimum absolute atomic E-state index is 0.0107. The molecule has 0 aliphatic rings. The Morgan fingerprint density at radius 1 is 1.47 bits per heavy atom. The molecule has 0 aromatic rings. The zero-order valence-electron chi connectivity index (χ0n) is 9.82. The van der Waals surface area contributed by atoms with Crippen LogP contribution in [0.5, 0.6) is 0 Å².